The van der Waals surface area contributed by atoms with E-state index in [-0.39, 0.29) is 5.78 Å². The molecule has 2 nitrogen and oxygen atoms in total. The Kier molecular flexibility index (Phi) is 4.48. The average Bonchev–Trinajstić information content (AvgIpc) is 2.71. The van der Waals surface area contributed by atoms with Crippen LogP contribution in [0.3, 0.4) is 0 Å². The van der Waals surface area contributed by atoms with E-state index >= 15 is 0 Å². The van der Waals surface area contributed by atoms with Gasteiger partial charge in [0.15, 0.2) is 5.78 Å². The van der Waals surface area contributed by atoms with Gasteiger partial charge < -0.3 is 4.74 Å². The predicted octanol–water partition coefficient (Wildman–Crippen LogP) is 5.13. The summed E-state index contributed by atoms with van der Waals surface area (Å²) >= 11 is 8.30. The average molecular weight is 404 g/mol. The molecule has 0 aliphatic carbocycles. The number of rotatable bonds is 3. The lowest BCUT2D eigenvalue weighted by molar-refractivity contribution is 0.103. The number of hydrogen-bond donors (Lipinski definition) is 0. The van der Waals surface area contributed by atoms with Gasteiger partial charge in [0.2, 0.25) is 0 Å². The number of thiophene rings is 1. The smallest absolute Gasteiger partial charge is 0.198 e. The minimum atomic E-state index is -0.0335. The summed E-state index contributed by atoms with van der Waals surface area (Å²) in [6.45, 7) is 3.97. The van der Waals surface area contributed by atoms with Gasteiger partial charge in [0.1, 0.15) is 5.75 Å². The standard InChI is InChI=1S/C14H12Br2O2S/c1-7-4-5-9(13(18-3)8(7)2)12(17)10-6-11(15)19-14(10)16/h4-6H,1-3H3. The number of benzene rings is 1. The van der Waals surface area contributed by atoms with Gasteiger partial charge in [-0.05, 0) is 69.0 Å². The second-order valence-corrected chi connectivity index (χ2v) is 7.90. The minimum absolute atomic E-state index is 0.0335. The Morgan fingerprint density at radius 3 is 2.42 bits per heavy atom. The Labute approximate surface area is 133 Å². The maximum Gasteiger partial charge on any atom is 0.198 e. The van der Waals surface area contributed by atoms with Gasteiger partial charge in [-0.15, -0.1) is 11.3 Å². The molecule has 0 radical (unpaired) electrons. The highest BCUT2D eigenvalue weighted by Crippen LogP contribution is 2.35. The summed E-state index contributed by atoms with van der Waals surface area (Å²) in [5.74, 6) is 0.619. The lowest BCUT2D eigenvalue weighted by atomic mass is 9.99. The van der Waals surface area contributed by atoms with E-state index in [9.17, 15) is 4.79 Å². The van der Waals surface area contributed by atoms with E-state index in [4.69, 9.17) is 4.74 Å². The van der Waals surface area contributed by atoms with Crippen molar-refractivity contribution in [3.63, 3.8) is 0 Å². The van der Waals surface area contributed by atoms with Gasteiger partial charge in [-0.3, -0.25) is 4.79 Å². The van der Waals surface area contributed by atoms with Crippen LogP contribution >= 0.6 is 43.2 Å². The van der Waals surface area contributed by atoms with E-state index < -0.39 is 0 Å². The van der Waals surface area contributed by atoms with Crippen molar-refractivity contribution in [2.75, 3.05) is 7.11 Å². The molecule has 5 heteroatoms. The van der Waals surface area contributed by atoms with Crippen LogP contribution in [0.1, 0.15) is 27.0 Å². The molecule has 1 aromatic carbocycles. The van der Waals surface area contributed by atoms with Crippen LogP contribution in [0.4, 0.5) is 0 Å². The number of carbonyl (C=O) groups is 1. The molecule has 0 spiro atoms. The number of aryl methyl sites for hydroxylation is 1. The molecule has 0 N–H and O–H groups in total. The predicted molar refractivity (Wildman–Crippen MR) is 85.6 cm³/mol. The SMILES string of the molecule is COc1c(C(=O)c2cc(Br)sc2Br)ccc(C)c1C. The van der Waals surface area contributed by atoms with Gasteiger partial charge in [-0.25, -0.2) is 0 Å². The highest BCUT2D eigenvalue weighted by Gasteiger charge is 2.20. The molecule has 2 aromatic rings. The summed E-state index contributed by atoms with van der Waals surface area (Å²) in [6.07, 6.45) is 0. The molecular weight excluding hydrogens is 392 g/mol. The van der Waals surface area contributed by atoms with Gasteiger partial charge in [-0.1, -0.05) is 6.07 Å². The maximum atomic E-state index is 12.6. The Bertz CT molecular complexity index is 647. The summed E-state index contributed by atoms with van der Waals surface area (Å²) in [5.41, 5.74) is 3.35. The van der Waals surface area contributed by atoms with E-state index in [0.29, 0.717) is 16.9 Å². The van der Waals surface area contributed by atoms with Crippen molar-refractivity contribution < 1.29 is 9.53 Å². The first-order chi connectivity index (χ1) is 8.95. The molecule has 1 aromatic heterocycles. The van der Waals surface area contributed by atoms with E-state index in [2.05, 4.69) is 31.9 Å². The molecule has 0 fully saturated rings. The van der Waals surface area contributed by atoms with Crippen molar-refractivity contribution in [2.24, 2.45) is 0 Å². The van der Waals surface area contributed by atoms with Crippen molar-refractivity contribution in [1.29, 1.82) is 0 Å². The summed E-state index contributed by atoms with van der Waals surface area (Å²) in [5, 5.41) is 0. The number of methoxy groups -OCH3 is 1. The Morgan fingerprint density at radius 2 is 1.89 bits per heavy atom. The van der Waals surface area contributed by atoms with Gasteiger partial charge in [0.05, 0.1) is 20.2 Å². The van der Waals surface area contributed by atoms with Crippen LogP contribution in [0.2, 0.25) is 0 Å². The molecule has 0 saturated carbocycles. The molecule has 2 rings (SSSR count). The molecule has 1 heterocycles. The second kappa shape index (κ2) is 5.77. The third-order valence-corrected chi connectivity index (χ3v) is 5.37. The fourth-order valence-electron chi connectivity index (χ4n) is 1.87. The minimum Gasteiger partial charge on any atom is -0.496 e. The van der Waals surface area contributed by atoms with E-state index in [1.165, 1.54) is 11.3 Å². The molecule has 0 aliphatic heterocycles. The number of ether oxygens (including phenoxy) is 1. The van der Waals surface area contributed by atoms with E-state index in [1.54, 1.807) is 7.11 Å². The normalized spacial score (nSPS) is 10.6. The Morgan fingerprint density at radius 1 is 1.21 bits per heavy atom. The summed E-state index contributed by atoms with van der Waals surface area (Å²) < 4.78 is 7.15. The number of ketones is 1. The number of hydrogen-bond acceptors (Lipinski definition) is 3. The van der Waals surface area contributed by atoms with Crippen molar-refractivity contribution in [3.8, 4) is 5.75 Å². The highest BCUT2D eigenvalue weighted by atomic mass is 79.9. The Balaban J connectivity index is 2.56. The van der Waals surface area contributed by atoms with Crippen molar-refractivity contribution in [3.05, 3.63) is 48.0 Å². The van der Waals surface area contributed by atoms with Gasteiger partial charge in [0.25, 0.3) is 0 Å². The molecular formula is C14H12Br2O2S. The largest absolute Gasteiger partial charge is 0.496 e. The molecule has 0 saturated heterocycles. The fraction of sp³-hybridized carbons (Fsp3) is 0.214. The van der Waals surface area contributed by atoms with Crippen molar-refractivity contribution >= 4 is 49.0 Å². The van der Waals surface area contributed by atoms with Crippen LogP contribution in [-0.2, 0) is 0 Å². The van der Waals surface area contributed by atoms with Crippen LogP contribution in [0.25, 0.3) is 0 Å². The van der Waals surface area contributed by atoms with Crippen LogP contribution in [-0.4, -0.2) is 12.9 Å². The zero-order chi connectivity index (χ0) is 14.2. The van der Waals surface area contributed by atoms with Crippen molar-refractivity contribution in [2.45, 2.75) is 13.8 Å². The van der Waals surface area contributed by atoms with E-state index in [0.717, 1.165) is 18.7 Å². The van der Waals surface area contributed by atoms with Crippen LogP contribution in [0.15, 0.2) is 25.8 Å². The zero-order valence-electron chi connectivity index (χ0n) is 10.7. The maximum absolute atomic E-state index is 12.6. The first kappa shape index (κ1) is 14.8. The first-order valence-electron chi connectivity index (χ1n) is 5.59. The topological polar surface area (TPSA) is 26.3 Å². The Hall–Kier alpha value is -0.650. The fourth-order valence-corrected chi connectivity index (χ4v) is 4.67. The zero-order valence-corrected chi connectivity index (χ0v) is 14.7. The molecule has 0 aliphatic rings. The molecule has 19 heavy (non-hydrogen) atoms. The quantitative estimate of drug-likeness (QED) is 0.664. The summed E-state index contributed by atoms with van der Waals surface area (Å²) in [6, 6.07) is 5.59. The van der Waals surface area contributed by atoms with Gasteiger partial charge >= 0.3 is 0 Å². The van der Waals surface area contributed by atoms with Crippen molar-refractivity contribution in [1.82, 2.24) is 0 Å². The number of halogens is 2. The third-order valence-electron chi connectivity index (χ3n) is 3.03. The molecule has 0 unspecified atom stereocenters. The second-order valence-electron chi connectivity index (χ2n) is 4.16. The molecule has 0 amide bonds. The summed E-state index contributed by atoms with van der Waals surface area (Å²) in [7, 11) is 1.59. The van der Waals surface area contributed by atoms with Crippen LogP contribution in [0, 0.1) is 13.8 Å². The molecule has 0 bridgehead atoms. The van der Waals surface area contributed by atoms with Crippen LogP contribution in [0.5, 0.6) is 5.75 Å². The highest BCUT2D eigenvalue weighted by molar-refractivity contribution is 9.12. The first-order valence-corrected chi connectivity index (χ1v) is 7.99. The van der Waals surface area contributed by atoms with Gasteiger partial charge in [-0.2, -0.15) is 0 Å². The number of carbonyl (C=O) groups excluding carboxylic acids is 1. The van der Waals surface area contributed by atoms with E-state index in [1.807, 2.05) is 32.0 Å². The lowest BCUT2D eigenvalue weighted by Crippen LogP contribution is -2.05. The summed E-state index contributed by atoms with van der Waals surface area (Å²) in [4.78, 5) is 12.6. The lowest BCUT2D eigenvalue weighted by Gasteiger charge is -2.12. The molecule has 100 valence electrons. The van der Waals surface area contributed by atoms with Gasteiger partial charge in [0, 0.05) is 5.56 Å². The molecule has 0 atom stereocenters. The van der Waals surface area contributed by atoms with Crippen LogP contribution < -0.4 is 4.74 Å². The third kappa shape index (κ3) is 2.78. The monoisotopic (exact) mass is 402 g/mol.